The number of ether oxygens (including phenoxy) is 1. The normalized spacial score (nSPS) is 17.8. The van der Waals surface area contributed by atoms with E-state index in [1.54, 1.807) is 4.90 Å². The summed E-state index contributed by atoms with van der Waals surface area (Å²) in [5.74, 6) is -0.774. The number of aliphatic imine (C=N–C) groups is 1. The number of carbonyl (C=O) groups excluding carboxylic acids is 1. The molecule has 1 aromatic rings. The Morgan fingerprint density at radius 2 is 2.17 bits per heavy atom. The van der Waals surface area contributed by atoms with Gasteiger partial charge in [0.05, 0.1) is 16.9 Å². The lowest BCUT2D eigenvalue weighted by Gasteiger charge is -2.11. The van der Waals surface area contributed by atoms with Gasteiger partial charge in [0.15, 0.2) is 10.9 Å². The molecule has 0 spiro atoms. The number of nitrogens with zero attached hydrogens (tertiary/aromatic N) is 3. The van der Waals surface area contributed by atoms with Gasteiger partial charge in [-0.05, 0) is 43.3 Å². The third-order valence-electron chi connectivity index (χ3n) is 3.29. The Balaban J connectivity index is 2.48. The lowest BCUT2D eigenvalue weighted by Crippen LogP contribution is -2.28. The number of rotatable bonds is 5. The van der Waals surface area contributed by atoms with Crippen LogP contribution in [0.4, 0.5) is 5.69 Å². The van der Waals surface area contributed by atoms with Crippen molar-refractivity contribution in [2.24, 2.45) is 4.99 Å². The van der Waals surface area contributed by atoms with E-state index in [9.17, 15) is 20.0 Å². The van der Waals surface area contributed by atoms with Crippen molar-refractivity contribution in [1.29, 1.82) is 0 Å². The SMILES string of the molecule is CCN=C1S/C(=C\c2cc(OC)c(O)c([N+](=O)[O-])c2)C(=O)N1CC. The van der Waals surface area contributed by atoms with Crippen LogP contribution < -0.4 is 4.74 Å². The van der Waals surface area contributed by atoms with Crippen LogP contribution in [0.1, 0.15) is 19.4 Å². The maximum atomic E-state index is 12.4. The average molecular weight is 351 g/mol. The molecule has 0 radical (unpaired) electrons. The van der Waals surface area contributed by atoms with E-state index >= 15 is 0 Å². The molecule has 1 fully saturated rings. The summed E-state index contributed by atoms with van der Waals surface area (Å²) in [7, 11) is 1.30. The van der Waals surface area contributed by atoms with Crippen molar-refractivity contribution < 1.29 is 19.6 Å². The molecule has 1 aliphatic heterocycles. The van der Waals surface area contributed by atoms with E-state index in [0.717, 1.165) is 0 Å². The summed E-state index contributed by atoms with van der Waals surface area (Å²) in [4.78, 5) is 29.0. The highest BCUT2D eigenvalue weighted by Crippen LogP contribution is 2.39. The van der Waals surface area contributed by atoms with Gasteiger partial charge in [0.25, 0.3) is 5.91 Å². The van der Waals surface area contributed by atoms with Crippen LogP contribution in [0.15, 0.2) is 22.0 Å². The number of carbonyl (C=O) groups is 1. The van der Waals surface area contributed by atoms with E-state index in [1.807, 2.05) is 13.8 Å². The number of hydrogen-bond donors (Lipinski definition) is 1. The van der Waals surface area contributed by atoms with Gasteiger partial charge in [0.2, 0.25) is 5.75 Å². The third kappa shape index (κ3) is 3.35. The summed E-state index contributed by atoms with van der Waals surface area (Å²) in [6.45, 7) is 4.77. The van der Waals surface area contributed by atoms with Crippen molar-refractivity contribution in [3.63, 3.8) is 0 Å². The lowest BCUT2D eigenvalue weighted by molar-refractivity contribution is -0.386. The smallest absolute Gasteiger partial charge is 0.315 e. The zero-order valence-electron chi connectivity index (χ0n) is 13.5. The Labute approximate surface area is 143 Å². The summed E-state index contributed by atoms with van der Waals surface area (Å²) in [6, 6.07) is 2.64. The molecular weight excluding hydrogens is 334 g/mol. The van der Waals surface area contributed by atoms with Gasteiger partial charge in [-0.25, -0.2) is 0 Å². The topological polar surface area (TPSA) is 105 Å². The van der Waals surface area contributed by atoms with E-state index in [0.29, 0.717) is 28.7 Å². The monoisotopic (exact) mass is 351 g/mol. The molecule has 0 bridgehead atoms. The fourth-order valence-electron chi connectivity index (χ4n) is 2.18. The van der Waals surface area contributed by atoms with Crippen molar-refractivity contribution in [1.82, 2.24) is 4.90 Å². The van der Waals surface area contributed by atoms with Crippen LogP contribution in [0.2, 0.25) is 0 Å². The number of amidine groups is 1. The van der Waals surface area contributed by atoms with Crippen LogP contribution in [-0.2, 0) is 4.79 Å². The molecule has 0 unspecified atom stereocenters. The van der Waals surface area contributed by atoms with Gasteiger partial charge in [-0.15, -0.1) is 0 Å². The Hall–Kier alpha value is -2.55. The second-order valence-electron chi connectivity index (χ2n) is 4.76. The highest BCUT2D eigenvalue weighted by Gasteiger charge is 2.32. The predicted octanol–water partition coefficient (Wildman–Crippen LogP) is 2.62. The summed E-state index contributed by atoms with van der Waals surface area (Å²) < 4.78 is 4.96. The van der Waals surface area contributed by atoms with Gasteiger partial charge in [0, 0.05) is 19.2 Å². The van der Waals surface area contributed by atoms with E-state index in [4.69, 9.17) is 4.74 Å². The van der Waals surface area contributed by atoms with Crippen molar-refractivity contribution in [3.8, 4) is 11.5 Å². The molecule has 1 heterocycles. The first-order chi connectivity index (χ1) is 11.4. The van der Waals surface area contributed by atoms with Crippen molar-refractivity contribution in [2.75, 3.05) is 20.2 Å². The number of phenolic OH excluding ortho intramolecular Hbond substituents is 1. The highest BCUT2D eigenvalue weighted by molar-refractivity contribution is 8.18. The maximum Gasteiger partial charge on any atom is 0.315 e. The standard InChI is InChI=1S/C15H17N3O5S/c1-4-16-15-17(5-2)14(20)12(24-15)8-9-6-10(18(21)22)13(19)11(7-9)23-3/h6-8,19H,4-5H2,1-3H3/b12-8-,16-15?. The molecule has 24 heavy (non-hydrogen) atoms. The van der Waals surface area contributed by atoms with Crippen molar-refractivity contribution in [3.05, 3.63) is 32.7 Å². The van der Waals surface area contributed by atoms with Crippen LogP contribution in [0, 0.1) is 10.1 Å². The molecule has 8 nitrogen and oxygen atoms in total. The van der Waals surface area contributed by atoms with Gasteiger partial charge in [0.1, 0.15) is 0 Å². The molecule has 1 aromatic carbocycles. The number of phenols is 1. The van der Waals surface area contributed by atoms with E-state index in [-0.39, 0.29) is 11.7 Å². The highest BCUT2D eigenvalue weighted by atomic mass is 32.2. The molecule has 0 atom stereocenters. The van der Waals surface area contributed by atoms with E-state index in [1.165, 1.54) is 37.1 Å². The van der Waals surface area contributed by atoms with E-state index < -0.39 is 16.4 Å². The average Bonchev–Trinajstić information content (AvgIpc) is 2.84. The van der Waals surface area contributed by atoms with Crippen LogP contribution in [0.5, 0.6) is 11.5 Å². The molecule has 0 saturated carbocycles. The summed E-state index contributed by atoms with van der Waals surface area (Å²) in [5.41, 5.74) is -0.0903. The minimum Gasteiger partial charge on any atom is -0.500 e. The number of methoxy groups -OCH3 is 1. The fourth-order valence-corrected chi connectivity index (χ4v) is 3.29. The largest absolute Gasteiger partial charge is 0.500 e. The Bertz CT molecular complexity index is 745. The van der Waals surface area contributed by atoms with Crippen molar-refractivity contribution >= 4 is 34.6 Å². The zero-order chi connectivity index (χ0) is 17.9. The molecule has 2 rings (SSSR count). The molecule has 0 aliphatic carbocycles. The summed E-state index contributed by atoms with van der Waals surface area (Å²) >= 11 is 1.22. The van der Waals surface area contributed by atoms with E-state index in [2.05, 4.69) is 4.99 Å². The van der Waals surface area contributed by atoms with Gasteiger partial charge in [-0.3, -0.25) is 24.8 Å². The van der Waals surface area contributed by atoms with Gasteiger partial charge in [-0.2, -0.15) is 0 Å². The fraction of sp³-hybridized carbons (Fsp3) is 0.333. The van der Waals surface area contributed by atoms with Crippen molar-refractivity contribution in [2.45, 2.75) is 13.8 Å². The molecule has 9 heteroatoms. The number of nitro groups is 1. The maximum absolute atomic E-state index is 12.4. The second-order valence-corrected chi connectivity index (χ2v) is 5.77. The Kier molecular flexibility index (Phi) is 5.45. The molecule has 1 amide bonds. The minimum absolute atomic E-state index is 0.0266. The second kappa shape index (κ2) is 7.35. The Morgan fingerprint density at radius 1 is 1.46 bits per heavy atom. The lowest BCUT2D eigenvalue weighted by atomic mass is 10.1. The summed E-state index contributed by atoms with van der Waals surface area (Å²) in [5, 5.41) is 21.5. The first-order valence-corrected chi connectivity index (χ1v) is 8.05. The van der Waals surface area contributed by atoms with Gasteiger partial charge in [-0.1, -0.05) is 0 Å². The number of likely N-dealkylation sites (N-methyl/N-ethyl adjacent to an activating group) is 1. The van der Waals surface area contributed by atoms with Gasteiger partial charge >= 0.3 is 5.69 Å². The Morgan fingerprint density at radius 3 is 2.71 bits per heavy atom. The van der Waals surface area contributed by atoms with Crippen LogP contribution in [0.25, 0.3) is 6.08 Å². The first-order valence-electron chi connectivity index (χ1n) is 7.24. The van der Waals surface area contributed by atoms with Crippen LogP contribution >= 0.6 is 11.8 Å². The number of aromatic hydroxyl groups is 1. The molecule has 128 valence electrons. The van der Waals surface area contributed by atoms with Gasteiger partial charge < -0.3 is 9.84 Å². The third-order valence-corrected chi connectivity index (χ3v) is 4.33. The number of nitro benzene ring substituents is 1. The molecule has 0 aromatic heterocycles. The number of amides is 1. The van der Waals surface area contributed by atoms with Crippen LogP contribution in [-0.4, -0.2) is 46.2 Å². The van der Waals surface area contributed by atoms with Crippen LogP contribution in [0.3, 0.4) is 0 Å². The summed E-state index contributed by atoms with van der Waals surface area (Å²) in [6.07, 6.45) is 1.53. The molecule has 1 saturated heterocycles. The molecular formula is C15H17N3O5S. The minimum atomic E-state index is -0.703. The molecule has 1 N–H and O–H groups in total. The number of thioether (sulfide) groups is 1. The predicted molar refractivity (Wildman–Crippen MR) is 92.2 cm³/mol. The zero-order valence-corrected chi connectivity index (χ0v) is 14.3. The number of benzene rings is 1. The quantitative estimate of drug-likeness (QED) is 0.497. The first kappa shape index (κ1) is 17.8. The molecule has 1 aliphatic rings. The number of hydrogen-bond acceptors (Lipinski definition) is 7.